The number of fused-ring (bicyclic) bond motifs is 1. The third-order valence-electron chi connectivity index (χ3n) is 7.32. The van der Waals surface area contributed by atoms with Crippen LogP contribution in [0, 0.1) is 0 Å². The van der Waals surface area contributed by atoms with Crippen molar-refractivity contribution in [3.05, 3.63) is 93.6 Å². The quantitative estimate of drug-likeness (QED) is 0.450. The van der Waals surface area contributed by atoms with Crippen LogP contribution in [0.2, 0.25) is 16.8 Å². The molecular weight excluding hydrogens is 602 g/mol. The van der Waals surface area contributed by atoms with Crippen LogP contribution < -0.4 is 24.8 Å². The molecule has 0 N–H and O–H groups in total. The summed E-state index contributed by atoms with van der Waals surface area (Å²) in [4.78, 5) is 0. The first kappa shape index (κ1) is 26.6. The van der Waals surface area contributed by atoms with Gasteiger partial charge in [0.15, 0.2) is 0 Å². The molecule has 2 aromatic rings. The number of allylic oxidation sites excluding steroid dienone is 5. The minimum Gasteiger partial charge on any atom is -1.00 e. The monoisotopic (exact) mass is 635 g/mol. The Morgan fingerprint density at radius 2 is 1.26 bits per heavy atom. The van der Waals surface area contributed by atoms with Crippen molar-refractivity contribution in [2.45, 2.75) is 57.3 Å². The normalized spacial score (nSPS) is 18.4. The van der Waals surface area contributed by atoms with Gasteiger partial charge in [0.25, 0.3) is 0 Å². The molecule has 2 aliphatic rings. The smallest absolute Gasteiger partial charge is 1.00 e. The van der Waals surface area contributed by atoms with Crippen LogP contribution in [-0.2, 0) is 20.6 Å². The molecule has 0 radical (unpaired) electrons. The summed E-state index contributed by atoms with van der Waals surface area (Å²) in [6.45, 7) is 17.3. The van der Waals surface area contributed by atoms with Gasteiger partial charge < -0.3 is 24.8 Å². The van der Waals surface area contributed by atoms with Gasteiger partial charge in [-0.15, -0.1) is 0 Å². The maximum atomic E-state index is 2.65. The van der Waals surface area contributed by atoms with Crippen molar-refractivity contribution in [3.63, 3.8) is 0 Å². The summed E-state index contributed by atoms with van der Waals surface area (Å²) in [7, 11) is 0. The largest absolute Gasteiger partial charge is 1.00 e. The van der Waals surface area contributed by atoms with Crippen molar-refractivity contribution >= 4 is 14.9 Å². The minimum atomic E-state index is -2.18. The van der Waals surface area contributed by atoms with E-state index in [2.05, 4.69) is 102 Å². The standard InChI is InChI=1S/C16H13.C9H13.C2H7Si.2ClH.Hf/c1-12-15-10-6-5-9-14(15)11-16(12)13-7-3-2-4-8-13;1-6-5-7(2)9(4)8(6)3;1-3-2;;;/h2-10,12H,1H3;5H,1-4H3;3H,1-2H3;2*1H;/q;;;;;+2/p-2. The fourth-order valence-corrected chi connectivity index (χ4v) is 37.1. The maximum absolute atomic E-state index is 2.65. The molecule has 0 nitrogen and oxygen atoms in total. The summed E-state index contributed by atoms with van der Waals surface area (Å²) in [5.41, 5.74) is 12.8. The summed E-state index contributed by atoms with van der Waals surface area (Å²) in [6.07, 6.45) is 0. The number of hydrogen-bond acceptors (Lipinski definition) is 0. The van der Waals surface area contributed by atoms with Crippen molar-refractivity contribution in [3.8, 4) is 0 Å². The van der Waals surface area contributed by atoms with Crippen molar-refractivity contribution in [1.82, 2.24) is 0 Å². The second kappa shape index (κ2) is 10.5. The zero-order chi connectivity index (χ0) is 20.9. The van der Waals surface area contributed by atoms with Gasteiger partial charge in [-0.2, -0.15) is 0 Å². The molecule has 0 amide bonds. The second-order valence-corrected chi connectivity index (χ2v) is 36.1. The molecule has 2 aromatic carbocycles. The Morgan fingerprint density at radius 1 is 0.742 bits per heavy atom. The maximum Gasteiger partial charge on any atom is -1.00 e. The summed E-state index contributed by atoms with van der Waals surface area (Å²) in [6, 6.07) is 20.6. The Morgan fingerprint density at radius 3 is 1.81 bits per heavy atom. The van der Waals surface area contributed by atoms with Crippen molar-refractivity contribution in [1.29, 1.82) is 0 Å². The van der Waals surface area contributed by atoms with E-state index in [1.54, 1.807) is 39.0 Å². The van der Waals surface area contributed by atoms with E-state index in [4.69, 9.17) is 0 Å². The fourth-order valence-electron chi connectivity index (χ4n) is 5.52. The zero-order valence-electron chi connectivity index (χ0n) is 19.7. The van der Waals surface area contributed by atoms with Gasteiger partial charge in [-0.3, -0.25) is 0 Å². The van der Waals surface area contributed by atoms with Crippen LogP contribution in [0.4, 0.5) is 0 Å². The summed E-state index contributed by atoms with van der Waals surface area (Å²) in [5.74, 6) is -0.277. The van der Waals surface area contributed by atoms with Crippen molar-refractivity contribution in [2.24, 2.45) is 0 Å². The molecule has 163 valence electrons. The third-order valence-corrected chi connectivity index (χ3v) is 36.4. The van der Waals surface area contributed by atoms with Gasteiger partial charge in [0.05, 0.1) is 0 Å². The van der Waals surface area contributed by atoms with Crippen molar-refractivity contribution < 1.29 is 45.4 Å². The summed E-state index contributed by atoms with van der Waals surface area (Å²) >= 11 is -2.18. The first-order valence-electron chi connectivity index (χ1n) is 11.0. The van der Waals surface area contributed by atoms with E-state index in [9.17, 15) is 0 Å². The molecule has 4 rings (SSSR count). The first-order chi connectivity index (χ1) is 13.8. The van der Waals surface area contributed by atoms with Gasteiger partial charge >= 0.3 is 186 Å². The van der Waals surface area contributed by atoms with Crippen LogP contribution in [0.15, 0.2) is 76.9 Å². The third kappa shape index (κ3) is 4.43. The van der Waals surface area contributed by atoms with Crippen molar-refractivity contribution in [2.75, 3.05) is 0 Å². The molecule has 0 saturated carbocycles. The summed E-state index contributed by atoms with van der Waals surface area (Å²) < 4.78 is 2.64. The Labute approximate surface area is 209 Å². The average molecular weight is 635 g/mol. The Balaban J connectivity index is 0.00000171. The van der Waals surface area contributed by atoms with Crippen LogP contribution in [0.5, 0.6) is 0 Å². The van der Waals surface area contributed by atoms with Crippen LogP contribution in [0.25, 0.3) is 8.90 Å². The molecular formula is C27H33Cl2HfSi. The van der Waals surface area contributed by atoms with Gasteiger partial charge in [0.1, 0.15) is 0 Å². The van der Waals surface area contributed by atoms with Crippen LogP contribution >= 0.6 is 0 Å². The molecule has 31 heavy (non-hydrogen) atoms. The molecule has 0 spiro atoms. The van der Waals surface area contributed by atoms with Gasteiger partial charge in [-0.1, -0.05) is 0 Å². The van der Waals surface area contributed by atoms with E-state index in [0.717, 1.165) is 3.67 Å². The molecule has 4 heteroatoms. The van der Waals surface area contributed by atoms with E-state index in [1.807, 2.05) is 3.33 Å². The van der Waals surface area contributed by atoms with Gasteiger partial charge in [-0.25, -0.2) is 0 Å². The van der Waals surface area contributed by atoms with Gasteiger partial charge in [-0.05, 0) is 0 Å². The first-order valence-corrected chi connectivity index (χ1v) is 23.9. The number of benzene rings is 2. The number of rotatable bonds is 4. The molecule has 0 heterocycles. The molecule has 1 atom stereocenters. The van der Waals surface area contributed by atoms with Gasteiger partial charge in [0.2, 0.25) is 0 Å². The number of halogens is 2. The second-order valence-electron chi connectivity index (χ2n) is 9.12. The molecule has 0 bridgehead atoms. The van der Waals surface area contributed by atoms with E-state index in [0.29, 0.717) is 5.92 Å². The SMILES string of the molecule is CC1=C(C)[CH]([Hf+2]([C]2=C(c3ccccc3)C(C)c3ccccc32)[SiH](C)C)C(C)=C1C.[Cl-].[Cl-]. The molecule has 0 aromatic heterocycles. The average Bonchev–Trinajstić information content (AvgIpc) is 3.11. The van der Waals surface area contributed by atoms with Crippen LogP contribution in [0.1, 0.15) is 57.2 Å². The minimum absolute atomic E-state index is 0. The summed E-state index contributed by atoms with van der Waals surface area (Å²) in [5, 5.41) is 0. The predicted molar refractivity (Wildman–Crippen MR) is 127 cm³/mol. The fraction of sp³-hybridized carbons (Fsp3) is 0.333. The molecule has 0 saturated heterocycles. The van der Waals surface area contributed by atoms with Gasteiger partial charge in [0, 0.05) is 0 Å². The van der Waals surface area contributed by atoms with E-state index >= 15 is 0 Å². The Bertz CT molecular complexity index is 1030. The predicted octanol–water partition coefficient (Wildman–Crippen LogP) is 1.76. The zero-order valence-corrected chi connectivity index (χ0v) is 25.9. The van der Waals surface area contributed by atoms with E-state index < -0.39 is 26.6 Å². The molecule has 2 aliphatic carbocycles. The van der Waals surface area contributed by atoms with E-state index in [-0.39, 0.29) is 24.8 Å². The Hall–Kier alpha value is -0.673. The topological polar surface area (TPSA) is 0 Å². The number of hydrogen-bond donors (Lipinski definition) is 0. The van der Waals surface area contributed by atoms with Crippen LogP contribution in [0.3, 0.4) is 0 Å². The van der Waals surface area contributed by atoms with Crippen LogP contribution in [-0.4, -0.2) is 5.98 Å². The van der Waals surface area contributed by atoms with E-state index in [1.165, 1.54) is 5.56 Å². The molecule has 0 aliphatic heterocycles. The molecule has 0 fully saturated rings. The molecule has 1 unspecified atom stereocenters. The Kier molecular flexibility index (Phi) is 9.01.